The third-order valence-corrected chi connectivity index (χ3v) is 5.76. The smallest absolute Gasteiger partial charge is 0.228 e. The Hall–Kier alpha value is -2.55. The van der Waals surface area contributed by atoms with Crippen LogP contribution in [0.2, 0.25) is 0 Å². The van der Waals surface area contributed by atoms with Gasteiger partial charge in [-0.2, -0.15) is 0 Å². The second-order valence-electron chi connectivity index (χ2n) is 7.66. The summed E-state index contributed by atoms with van der Waals surface area (Å²) in [5.74, 6) is 2.26. The van der Waals surface area contributed by atoms with Crippen LogP contribution in [0.1, 0.15) is 48.6 Å². The van der Waals surface area contributed by atoms with Crippen molar-refractivity contribution in [3.05, 3.63) is 29.0 Å². The molecule has 0 saturated carbocycles. The van der Waals surface area contributed by atoms with Crippen molar-refractivity contribution in [2.75, 3.05) is 44.3 Å². The number of ether oxygens (including phenoxy) is 1. The minimum atomic E-state index is 0.0690. The molecule has 29 heavy (non-hydrogen) atoms. The molecule has 4 heterocycles. The van der Waals surface area contributed by atoms with Gasteiger partial charge in [-0.15, -0.1) is 0 Å². The largest absolute Gasteiger partial charge is 0.378 e. The van der Waals surface area contributed by atoms with Gasteiger partial charge in [0.25, 0.3) is 0 Å². The molecule has 0 aliphatic carbocycles. The first-order valence-corrected chi connectivity index (χ1v) is 10.4. The van der Waals surface area contributed by atoms with E-state index in [2.05, 4.69) is 28.2 Å². The fourth-order valence-corrected chi connectivity index (χ4v) is 3.87. The van der Waals surface area contributed by atoms with Gasteiger partial charge in [0.15, 0.2) is 0 Å². The molecular formula is C20H28N6O3. The Labute approximate surface area is 170 Å². The Bertz CT molecular complexity index is 840. The van der Waals surface area contributed by atoms with Crippen LogP contribution in [0.25, 0.3) is 0 Å². The molecule has 156 valence electrons. The molecule has 9 heteroatoms. The van der Waals surface area contributed by atoms with Crippen LogP contribution < -0.4 is 4.90 Å². The predicted molar refractivity (Wildman–Crippen MR) is 106 cm³/mol. The normalized spacial score (nSPS) is 18.3. The minimum absolute atomic E-state index is 0.0690. The van der Waals surface area contributed by atoms with E-state index in [1.165, 1.54) is 0 Å². The van der Waals surface area contributed by atoms with Crippen LogP contribution in [-0.2, 0) is 22.4 Å². The van der Waals surface area contributed by atoms with Crippen molar-refractivity contribution in [1.29, 1.82) is 0 Å². The molecule has 2 aromatic heterocycles. The highest BCUT2D eigenvalue weighted by Gasteiger charge is 2.27. The number of aryl methyl sites for hydroxylation is 2. The summed E-state index contributed by atoms with van der Waals surface area (Å²) in [6.07, 6.45) is 2.87. The van der Waals surface area contributed by atoms with Crippen LogP contribution in [0.5, 0.6) is 0 Å². The topological polar surface area (TPSA) is 97.5 Å². The van der Waals surface area contributed by atoms with E-state index in [0.29, 0.717) is 24.5 Å². The summed E-state index contributed by atoms with van der Waals surface area (Å²) in [5.41, 5.74) is 2.36. The lowest BCUT2D eigenvalue weighted by Gasteiger charge is -2.32. The number of hydrogen-bond acceptors (Lipinski definition) is 8. The number of piperidine rings is 1. The molecule has 0 bridgehead atoms. The summed E-state index contributed by atoms with van der Waals surface area (Å²) in [5, 5.41) is 7.56. The van der Waals surface area contributed by atoms with Gasteiger partial charge in [-0.25, -0.2) is 14.6 Å². The molecule has 2 fully saturated rings. The number of anilines is 1. The van der Waals surface area contributed by atoms with E-state index in [1.807, 2.05) is 4.90 Å². The number of carbonyl (C=O) groups excluding carboxylic acids is 1. The molecule has 0 aromatic carbocycles. The van der Waals surface area contributed by atoms with Crippen molar-refractivity contribution in [2.45, 2.75) is 45.4 Å². The van der Waals surface area contributed by atoms with Crippen LogP contribution in [0, 0.1) is 6.92 Å². The number of likely N-dealkylation sites (tertiary alicyclic amines) is 1. The molecular weight excluding hydrogens is 372 g/mol. The predicted octanol–water partition coefficient (Wildman–Crippen LogP) is 1.52. The van der Waals surface area contributed by atoms with Gasteiger partial charge in [-0.3, -0.25) is 4.79 Å². The average molecular weight is 400 g/mol. The second-order valence-corrected chi connectivity index (χ2v) is 7.66. The van der Waals surface area contributed by atoms with E-state index in [0.717, 1.165) is 62.9 Å². The number of nitrogens with zero attached hydrogens (tertiary/aromatic N) is 6. The fourth-order valence-electron chi connectivity index (χ4n) is 3.87. The Balaban J connectivity index is 1.41. The maximum Gasteiger partial charge on any atom is 0.228 e. The van der Waals surface area contributed by atoms with Crippen LogP contribution in [-0.4, -0.2) is 70.5 Å². The van der Waals surface area contributed by atoms with Crippen molar-refractivity contribution >= 4 is 11.7 Å². The van der Waals surface area contributed by atoms with E-state index in [9.17, 15) is 4.79 Å². The third kappa shape index (κ3) is 4.55. The Morgan fingerprint density at radius 1 is 1.14 bits per heavy atom. The number of aromatic nitrogens is 4. The molecule has 1 amide bonds. The van der Waals surface area contributed by atoms with Crippen LogP contribution in [0.3, 0.4) is 0 Å². The number of amides is 1. The van der Waals surface area contributed by atoms with E-state index in [-0.39, 0.29) is 18.2 Å². The molecule has 2 saturated heterocycles. The summed E-state index contributed by atoms with van der Waals surface area (Å²) in [7, 11) is 0. The first-order chi connectivity index (χ1) is 14.1. The number of carbonyl (C=O) groups is 1. The molecule has 0 spiro atoms. The lowest BCUT2D eigenvalue weighted by atomic mass is 9.95. The van der Waals surface area contributed by atoms with Gasteiger partial charge in [0, 0.05) is 43.9 Å². The van der Waals surface area contributed by atoms with Gasteiger partial charge in [-0.1, -0.05) is 17.2 Å². The number of hydrogen-bond donors (Lipinski definition) is 0. The molecule has 2 aliphatic heterocycles. The van der Waals surface area contributed by atoms with Crippen molar-refractivity contribution in [2.24, 2.45) is 0 Å². The first kappa shape index (κ1) is 19.8. The molecule has 4 rings (SSSR count). The maximum absolute atomic E-state index is 12.6. The van der Waals surface area contributed by atoms with Crippen molar-refractivity contribution in [3.63, 3.8) is 0 Å². The van der Waals surface area contributed by atoms with E-state index >= 15 is 0 Å². The first-order valence-electron chi connectivity index (χ1n) is 10.4. The molecule has 0 N–H and O–H groups in total. The Kier molecular flexibility index (Phi) is 6.03. The lowest BCUT2D eigenvalue weighted by molar-refractivity contribution is -0.131. The Morgan fingerprint density at radius 2 is 1.90 bits per heavy atom. The monoisotopic (exact) mass is 400 g/mol. The minimum Gasteiger partial charge on any atom is -0.378 e. The van der Waals surface area contributed by atoms with Crippen LogP contribution in [0.15, 0.2) is 10.7 Å². The zero-order chi connectivity index (χ0) is 20.2. The van der Waals surface area contributed by atoms with Crippen molar-refractivity contribution in [3.8, 4) is 0 Å². The van der Waals surface area contributed by atoms with E-state index in [4.69, 9.17) is 19.3 Å². The molecule has 2 aromatic rings. The van der Waals surface area contributed by atoms with E-state index < -0.39 is 0 Å². The molecule has 2 aliphatic rings. The summed E-state index contributed by atoms with van der Waals surface area (Å²) in [6.45, 7) is 8.54. The molecule has 9 nitrogen and oxygen atoms in total. The highest BCUT2D eigenvalue weighted by Crippen LogP contribution is 2.28. The summed E-state index contributed by atoms with van der Waals surface area (Å²) >= 11 is 0. The highest BCUT2D eigenvalue weighted by molar-refractivity contribution is 5.78. The number of rotatable bonds is 5. The van der Waals surface area contributed by atoms with Gasteiger partial charge in [0.2, 0.25) is 5.91 Å². The van der Waals surface area contributed by atoms with Gasteiger partial charge in [0.1, 0.15) is 23.0 Å². The number of morpholine rings is 1. The third-order valence-electron chi connectivity index (χ3n) is 5.76. The summed E-state index contributed by atoms with van der Waals surface area (Å²) in [4.78, 5) is 26.5. The SMILES string of the molecule is CCc1cc(N2CCOCC2)nc(C2CCN(C(=O)Cc3nonc3C)CC2)n1. The van der Waals surface area contributed by atoms with Gasteiger partial charge < -0.3 is 14.5 Å². The molecule has 0 radical (unpaired) electrons. The maximum atomic E-state index is 12.6. The van der Waals surface area contributed by atoms with E-state index in [1.54, 1.807) is 6.92 Å². The van der Waals surface area contributed by atoms with Gasteiger partial charge in [0.05, 0.1) is 19.6 Å². The zero-order valence-electron chi connectivity index (χ0n) is 17.1. The lowest BCUT2D eigenvalue weighted by Crippen LogP contribution is -2.39. The van der Waals surface area contributed by atoms with Gasteiger partial charge in [-0.05, 0) is 26.2 Å². The molecule has 0 atom stereocenters. The second kappa shape index (κ2) is 8.86. The van der Waals surface area contributed by atoms with Crippen LogP contribution in [0.4, 0.5) is 5.82 Å². The fraction of sp³-hybridized carbons (Fsp3) is 0.650. The summed E-state index contributed by atoms with van der Waals surface area (Å²) in [6, 6.07) is 2.10. The average Bonchev–Trinajstić information content (AvgIpc) is 3.18. The summed E-state index contributed by atoms with van der Waals surface area (Å²) < 4.78 is 10.2. The zero-order valence-corrected chi connectivity index (χ0v) is 17.1. The Morgan fingerprint density at radius 3 is 2.55 bits per heavy atom. The standard InChI is InChI=1S/C20H28N6O3/c1-3-16-12-18(25-8-10-28-11-9-25)22-20(21-16)15-4-6-26(7-5-15)19(27)13-17-14(2)23-29-24-17/h12,15H,3-11,13H2,1-2H3. The van der Waals surface area contributed by atoms with Crippen LogP contribution >= 0.6 is 0 Å². The highest BCUT2D eigenvalue weighted by atomic mass is 16.6. The van der Waals surface area contributed by atoms with Crippen molar-refractivity contribution < 1.29 is 14.2 Å². The quantitative estimate of drug-likeness (QED) is 0.745. The van der Waals surface area contributed by atoms with Gasteiger partial charge >= 0.3 is 0 Å². The van der Waals surface area contributed by atoms with Crippen molar-refractivity contribution in [1.82, 2.24) is 25.2 Å². The molecule has 0 unspecified atom stereocenters.